The van der Waals surface area contributed by atoms with E-state index in [1.165, 1.54) is 0 Å². The molecular formula is C7H11N6O2+. The molecule has 0 fully saturated rings. The van der Waals surface area contributed by atoms with Gasteiger partial charge in [-0.25, -0.2) is 0 Å². The van der Waals surface area contributed by atoms with E-state index in [-0.39, 0.29) is 6.61 Å². The molecule has 1 aromatic heterocycles. The third-order valence-corrected chi connectivity index (χ3v) is 1.61. The van der Waals surface area contributed by atoms with E-state index >= 15 is 0 Å². The number of amides is 1. The van der Waals surface area contributed by atoms with Crippen LogP contribution < -0.4 is 5.73 Å². The van der Waals surface area contributed by atoms with Gasteiger partial charge in [-0.3, -0.25) is 4.79 Å². The number of nitrogens with one attached hydrogen (secondary N) is 1. The number of aliphatic hydroxyl groups excluding tert-OH is 1. The fourth-order valence-corrected chi connectivity index (χ4v) is 0.813. The summed E-state index contributed by atoms with van der Waals surface area (Å²) >= 11 is 0. The second-order valence-corrected chi connectivity index (χ2v) is 2.73. The summed E-state index contributed by atoms with van der Waals surface area (Å²) in [5.74, 6) is -0.976. The van der Waals surface area contributed by atoms with E-state index in [9.17, 15) is 4.79 Å². The van der Waals surface area contributed by atoms with Crippen molar-refractivity contribution < 1.29 is 9.90 Å². The molecule has 8 nitrogen and oxygen atoms in total. The van der Waals surface area contributed by atoms with Crippen LogP contribution in [-0.4, -0.2) is 44.8 Å². The van der Waals surface area contributed by atoms with Gasteiger partial charge in [-0.15, -0.1) is 10.2 Å². The number of hydrogen-bond acceptors (Lipinski definition) is 5. The van der Waals surface area contributed by atoms with Gasteiger partial charge in [-0.05, 0) is 0 Å². The summed E-state index contributed by atoms with van der Waals surface area (Å²) in [6, 6.07) is 2.45. The number of nitrogens with two attached hydrogens (primary N) is 1. The number of nitrogens with zero attached hydrogens (tertiary/aromatic N) is 4. The molecule has 0 spiro atoms. The van der Waals surface area contributed by atoms with Crippen LogP contribution in [0.2, 0.25) is 0 Å². The van der Waals surface area contributed by atoms with Crippen LogP contribution in [0.4, 0.5) is 0 Å². The molecule has 0 radical (unpaired) electrons. The molecule has 1 atom stereocenters. The van der Waals surface area contributed by atoms with Crippen molar-refractivity contribution in [2.24, 2.45) is 11.7 Å². The van der Waals surface area contributed by atoms with E-state index in [0.29, 0.717) is 18.8 Å². The van der Waals surface area contributed by atoms with Crippen molar-refractivity contribution in [1.82, 2.24) is 20.6 Å². The molecule has 80 valence electrons. The van der Waals surface area contributed by atoms with Gasteiger partial charge in [-0.2, -0.15) is 5.21 Å². The van der Waals surface area contributed by atoms with Crippen molar-refractivity contribution in [3.8, 4) is 6.07 Å². The quantitative estimate of drug-likeness (QED) is 0.540. The van der Waals surface area contributed by atoms with E-state index in [0.717, 1.165) is 0 Å². The van der Waals surface area contributed by atoms with E-state index in [4.69, 9.17) is 10.8 Å². The maximum atomic E-state index is 10.7. The fraction of sp³-hybridized carbons (Fsp3) is 0.571. The SMILES string of the molecule is NC(=O)C(C#[N+]CCc1nn[nH]n1)CO. The monoisotopic (exact) mass is 211 g/mol. The minimum atomic E-state index is -0.852. The Morgan fingerprint density at radius 3 is 3.07 bits per heavy atom. The van der Waals surface area contributed by atoms with Crippen LogP contribution >= 0.6 is 0 Å². The first kappa shape index (κ1) is 11.1. The zero-order chi connectivity index (χ0) is 11.1. The van der Waals surface area contributed by atoms with Gasteiger partial charge in [0.2, 0.25) is 5.91 Å². The first-order chi connectivity index (χ1) is 7.24. The van der Waals surface area contributed by atoms with E-state index in [1.807, 2.05) is 0 Å². The zero-order valence-corrected chi connectivity index (χ0v) is 7.92. The van der Waals surface area contributed by atoms with Crippen molar-refractivity contribution in [1.29, 1.82) is 0 Å². The van der Waals surface area contributed by atoms with Crippen molar-refractivity contribution in [2.45, 2.75) is 6.42 Å². The number of aromatic amines is 1. The molecule has 8 heteroatoms. The fourth-order valence-electron chi connectivity index (χ4n) is 0.813. The number of H-pyrrole nitrogens is 1. The minimum absolute atomic E-state index is 0.364. The molecule has 0 aliphatic heterocycles. The molecule has 0 saturated carbocycles. The van der Waals surface area contributed by atoms with Crippen LogP contribution in [0.3, 0.4) is 0 Å². The standard InChI is InChI=1S/C7H10N6O2/c8-7(15)5(4-14)3-9-2-1-6-10-12-13-11-6/h5,14H,1-2,4H2,(H2-,8,10,11,12,13,15)/p+1. The Bertz CT molecular complexity index is 365. The molecule has 0 aliphatic carbocycles. The van der Waals surface area contributed by atoms with Crippen LogP contribution in [0, 0.1) is 12.0 Å². The first-order valence-electron chi connectivity index (χ1n) is 4.28. The highest BCUT2D eigenvalue weighted by molar-refractivity contribution is 5.79. The summed E-state index contributed by atoms with van der Waals surface area (Å²) < 4.78 is 0. The van der Waals surface area contributed by atoms with Crippen molar-refractivity contribution in [2.75, 3.05) is 13.2 Å². The second kappa shape index (κ2) is 5.66. The summed E-state index contributed by atoms with van der Waals surface area (Å²) in [6.45, 7) is -0.0235. The smallest absolute Gasteiger partial charge is 0.288 e. The molecule has 4 N–H and O–H groups in total. The largest absolute Gasteiger partial charge is 0.394 e. The predicted octanol–water partition coefficient (Wildman–Crippen LogP) is -1.83. The molecule has 0 aromatic carbocycles. The van der Waals surface area contributed by atoms with Gasteiger partial charge in [0.15, 0.2) is 11.7 Å². The van der Waals surface area contributed by atoms with E-state index < -0.39 is 11.8 Å². The molecule has 1 rings (SSSR count). The van der Waals surface area contributed by atoms with Crippen LogP contribution in [0.15, 0.2) is 0 Å². The first-order valence-corrected chi connectivity index (χ1v) is 4.28. The lowest BCUT2D eigenvalue weighted by molar-refractivity contribution is -0.121. The third-order valence-electron chi connectivity index (χ3n) is 1.61. The Morgan fingerprint density at radius 2 is 2.53 bits per heavy atom. The van der Waals surface area contributed by atoms with Gasteiger partial charge in [0, 0.05) is 0 Å². The topological polar surface area (TPSA) is 122 Å². The zero-order valence-electron chi connectivity index (χ0n) is 7.92. The van der Waals surface area contributed by atoms with Gasteiger partial charge in [0.1, 0.15) is 0 Å². The number of primary amides is 1. The maximum absolute atomic E-state index is 10.7. The highest BCUT2D eigenvalue weighted by atomic mass is 16.3. The maximum Gasteiger partial charge on any atom is 0.288 e. The lowest BCUT2D eigenvalue weighted by atomic mass is 10.2. The summed E-state index contributed by atoms with van der Waals surface area (Å²) in [6.07, 6.45) is 0.487. The Morgan fingerprint density at radius 1 is 1.73 bits per heavy atom. The highest BCUT2D eigenvalue weighted by Gasteiger charge is 2.16. The number of carbonyl (C=O) groups excluding carboxylic acids is 1. The Kier molecular flexibility index (Phi) is 4.18. The molecule has 1 heterocycles. The number of hydrogen-bond donors (Lipinski definition) is 3. The van der Waals surface area contributed by atoms with E-state index in [2.05, 4.69) is 31.5 Å². The van der Waals surface area contributed by atoms with Crippen LogP contribution in [0.1, 0.15) is 5.82 Å². The third kappa shape index (κ3) is 3.70. The second-order valence-electron chi connectivity index (χ2n) is 2.73. The van der Waals surface area contributed by atoms with Gasteiger partial charge in [0.25, 0.3) is 12.6 Å². The van der Waals surface area contributed by atoms with Gasteiger partial charge >= 0.3 is 0 Å². The van der Waals surface area contributed by atoms with Gasteiger partial charge in [0.05, 0.1) is 13.0 Å². The Balaban J connectivity index is 2.36. The normalized spacial score (nSPS) is 11.5. The molecule has 15 heavy (non-hydrogen) atoms. The molecule has 0 saturated heterocycles. The number of carbonyl (C=O) groups is 1. The Labute approximate surface area is 85.3 Å². The Hall–Kier alpha value is -2.01. The number of tetrazole rings is 1. The average molecular weight is 211 g/mol. The number of aromatic nitrogens is 4. The van der Waals surface area contributed by atoms with Gasteiger partial charge < -0.3 is 10.8 Å². The predicted molar refractivity (Wildman–Crippen MR) is 49.8 cm³/mol. The summed E-state index contributed by atoms with van der Waals surface area (Å²) in [4.78, 5) is 14.5. The van der Waals surface area contributed by atoms with Crippen molar-refractivity contribution >= 4 is 5.91 Å². The molecule has 1 aromatic rings. The summed E-state index contributed by atoms with van der Waals surface area (Å²) in [7, 11) is 0. The minimum Gasteiger partial charge on any atom is -0.394 e. The van der Waals surface area contributed by atoms with Crippen LogP contribution in [-0.2, 0) is 11.2 Å². The average Bonchev–Trinajstić information content (AvgIpc) is 2.70. The van der Waals surface area contributed by atoms with E-state index in [1.54, 1.807) is 0 Å². The number of aliphatic hydroxyl groups is 1. The van der Waals surface area contributed by atoms with Gasteiger partial charge in [-0.1, -0.05) is 10.1 Å². The summed E-state index contributed by atoms with van der Waals surface area (Å²) in [5, 5.41) is 21.8. The van der Waals surface area contributed by atoms with Crippen LogP contribution in [0.5, 0.6) is 0 Å². The van der Waals surface area contributed by atoms with Crippen LogP contribution in [0.25, 0.3) is 4.85 Å². The number of rotatable bonds is 4. The molecule has 0 bridgehead atoms. The lowest BCUT2D eigenvalue weighted by Gasteiger charge is -1.91. The van der Waals surface area contributed by atoms with Crippen molar-refractivity contribution in [3.05, 3.63) is 10.7 Å². The molecule has 1 amide bonds. The highest BCUT2D eigenvalue weighted by Crippen LogP contribution is 1.92. The lowest BCUT2D eigenvalue weighted by Crippen LogP contribution is -2.24. The molecule has 1 unspecified atom stereocenters. The van der Waals surface area contributed by atoms with Crippen molar-refractivity contribution in [3.63, 3.8) is 0 Å². The molecule has 0 aliphatic rings. The summed E-state index contributed by atoms with van der Waals surface area (Å²) in [5.41, 5.74) is 4.96. The molecular weight excluding hydrogens is 200 g/mol.